The Morgan fingerprint density at radius 2 is 1.74 bits per heavy atom. The normalized spacial score (nSPS) is 12.3. The molecule has 0 saturated carbocycles. The van der Waals surface area contributed by atoms with Crippen LogP contribution in [0.3, 0.4) is 0 Å². The van der Waals surface area contributed by atoms with Crippen molar-refractivity contribution in [3.63, 3.8) is 0 Å². The van der Waals surface area contributed by atoms with Crippen molar-refractivity contribution in [1.29, 1.82) is 10.5 Å². The molecule has 4 aromatic heterocycles. The van der Waals surface area contributed by atoms with Gasteiger partial charge in [-0.05, 0) is 70.5 Å². The molecule has 5 rings (SSSR count). The minimum Gasteiger partial charge on any atom is -0.409 e. The minimum absolute atomic E-state index is 0.325. The van der Waals surface area contributed by atoms with Crippen LogP contribution in [0.2, 0.25) is 0 Å². The molecule has 0 aliphatic heterocycles. The van der Waals surface area contributed by atoms with Gasteiger partial charge in [0.15, 0.2) is 5.75 Å². The van der Waals surface area contributed by atoms with Crippen molar-refractivity contribution in [2.75, 3.05) is 7.05 Å². The lowest BCUT2D eigenvalue weighted by molar-refractivity contribution is 0.124. The van der Waals surface area contributed by atoms with Gasteiger partial charge in [0.05, 0.1) is 58.0 Å². The first-order chi connectivity index (χ1) is 20.4. The van der Waals surface area contributed by atoms with E-state index in [1.54, 1.807) is 36.3 Å². The van der Waals surface area contributed by atoms with Crippen LogP contribution in [0.25, 0.3) is 38.8 Å². The maximum absolute atomic E-state index is 12.7. The number of ether oxygens (including phenoxy) is 1. The first kappa shape index (κ1) is 29.0. The highest BCUT2D eigenvalue weighted by Crippen LogP contribution is 2.31. The van der Waals surface area contributed by atoms with Crippen LogP contribution in [-0.4, -0.2) is 47.7 Å². The molecule has 0 saturated heterocycles. The number of imidazole rings is 1. The van der Waals surface area contributed by atoms with E-state index < -0.39 is 17.0 Å². The fourth-order valence-corrected chi connectivity index (χ4v) is 4.62. The molecular formula is C32H31N9O2. The molecule has 4 heterocycles. The molecule has 216 valence electrons. The van der Waals surface area contributed by atoms with Crippen LogP contribution in [0.15, 0.2) is 66.2 Å². The van der Waals surface area contributed by atoms with Crippen molar-refractivity contribution in [2.45, 2.75) is 45.6 Å². The lowest BCUT2D eigenvalue weighted by atomic mass is 9.91. The lowest BCUT2D eigenvalue weighted by Crippen LogP contribution is -2.44. The maximum atomic E-state index is 12.7. The molecule has 0 fully saturated rings. The van der Waals surface area contributed by atoms with E-state index in [2.05, 4.69) is 26.0 Å². The number of nitriles is 2. The van der Waals surface area contributed by atoms with Crippen molar-refractivity contribution in [3.05, 3.63) is 72.5 Å². The SMILES string of the molecule is CN(C(=O)Oc1cncc(-c2ccc3ncc4c(c3c2)n(-c2ccc(C(C)(C)C#N)nc2)c(=NC#N)n4C)c1)C(C)(C)C. The van der Waals surface area contributed by atoms with Gasteiger partial charge in [0.1, 0.15) is 0 Å². The van der Waals surface area contributed by atoms with Gasteiger partial charge in [0, 0.05) is 36.8 Å². The fraction of sp³-hybridized carbons (Fsp3) is 0.281. The Hall–Kier alpha value is -5.55. The van der Waals surface area contributed by atoms with Crippen LogP contribution in [0.1, 0.15) is 40.3 Å². The van der Waals surface area contributed by atoms with Gasteiger partial charge in [0.2, 0.25) is 11.8 Å². The van der Waals surface area contributed by atoms with Crippen molar-refractivity contribution in [2.24, 2.45) is 12.0 Å². The number of hydrogen-bond donors (Lipinski definition) is 0. The molecule has 43 heavy (non-hydrogen) atoms. The summed E-state index contributed by atoms with van der Waals surface area (Å²) >= 11 is 0. The van der Waals surface area contributed by atoms with Gasteiger partial charge in [0.25, 0.3) is 0 Å². The number of hydrogen-bond acceptors (Lipinski definition) is 8. The minimum atomic E-state index is -0.758. The number of carbonyl (C=O) groups excluding carboxylic acids is 1. The van der Waals surface area contributed by atoms with Crippen LogP contribution in [-0.2, 0) is 12.5 Å². The van der Waals surface area contributed by atoms with Gasteiger partial charge in [-0.3, -0.25) is 19.5 Å². The van der Waals surface area contributed by atoms with Crippen LogP contribution in [0, 0.1) is 22.8 Å². The molecule has 1 aromatic carbocycles. The number of fused-ring (bicyclic) bond motifs is 3. The van der Waals surface area contributed by atoms with E-state index in [1.807, 2.05) is 82.8 Å². The molecule has 5 aromatic rings. The molecule has 1 amide bonds. The third-order valence-electron chi connectivity index (χ3n) is 7.51. The van der Waals surface area contributed by atoms with Gasteiger partial charge in [-0.2, -0.15) is 10.5 Å². The summed E-state index contributed by atoms with van der Waals surface area (Å²) in [4.78, 5) is 31.9. The topological polar surface area (TPSA) is 138 Å². The van der Waals surface area contributed by atoms with E-state index in [1.165, 1.54) is 11.1 Å². The summed E-state index contributed by atoms with van der Waals surface area (Å²) in [5, 5.41) is 19.9. The van der Waals surface area contributed by atoms with E-state index in [9.17, 15) is 15.3 Å². The molecular weight excluding hydrogens is 542 g/mol. The van der Waals surface area contributed by atoms with E-state index in [4.69, 9.17) is 4.74 Å². The molecule has 11 heteroatoms. The Labute approximate surface area is 249 Å². The third kappa shape index (κ3) is 5.29. The number of nitrogens with zero attached hydrogens (tertiary/aromatic N) is 9. The summed E-state index contributed by atoms with van der Waals surface area (Å²) in [6.07, 6.45) is 8.06. The highest BCUT2D eigenvalue weighted by molar-refractivity contribution is 6.04. The number of aromatic nitrogens is 5. The van der Waals surface area contributed by atoms with Crippen LogP contribution in [0.5, 0.6) is 5.75 Å². The molecule has 0 spiro atoms. The van der Waals surface area contributed by atoms with Gasteiger partial charge < -0.3 is 14.2 Å². The molecule has 0 unspecified atom stereocenters. The van der Waals surface area contributed by atoms with Gasteiger partial charge in [-0.15, -0.1) is 4.99 Å². The lowest BCUT2D eigenvalue weighted by Gasteiger charge is -2.30. The van der Waals surface area contributed by atoms with Crippen LogP contribution in [0.4, 0.5) is 4.79 Å². The van der Waals surface area contributed by atoms with E-state index in [0.717, 1.165) is 33.1 Å². The standard InChI is InChI=1S/C32H31N9O2/c1-31(2,3)40(7)30(42)43-23-12-21(14-35-16-23)20-8-10-25-24(13-20)28-26(17-36-25)39(6)29(38-19-34)41(28)22-9-11-27(37-15-22)32(4,5)18-33/h8-17H,1-7H3. The number of carbonyl (C=O) groups is 1. The number of aryl methyl sites for hydroxylation is 1. The van der Waals surface area contributed by atoms with E-state index in [0.29, 0.717) is 22.7 Å². The molecule has 11 nitrogen and oxygen atoms in total. The zero-order valence-electron chi connectivity index (χ0n) is 25.1. The highest BCUT2D eigenvalue weighted by Gasteiger charge is 2.25. The second kappa shape index (κ2) is 10.7. The Balaban J connectivity index is 1.68. The summed E-state index contributed by atoms with van der Waals surface area (Å²) in [6.45, 7) is 9.40. The van der Waals surface area contributed by atoms with Gasteiger partial charge in [-0.1, -0.05) is 6.07 Å². The zero-order chi connectivity index (χ0) is 31.1. The van der Waals surface area contributed by atoms with Crippen molar-refractivity contribution in [1.82, 2.24) is 29.0 Å². The first-order valence-electron chi connectivity index (χ1n) is 13.6. The Bertz CT molecular complexity index is 2030. The van der Waals surface area contributed by atoms with E-state index >= 15 is 0 Å². The van der Waals surface area contributed by atoms with E-state index in [-0.39, 0.29) is 0 Å². The molecule has 0 aliphatic rings. The molecule has 0 aliphatic carbocycles. The Morgan fingerprint density at radius 1 is 0.977 bits per heavy atom. The molecule has 0 radical (unpaired) electrons. The highest BCUT2D eigenvalue weighted by atomic mass is 16.6. The molecule has 0 N–H and O–H groups in total. The average molecular weight is 574 g/mol. The number of benzene rings is 1. The summed E-state index contributed by atoms with van der Waals surface area (Å²) in [5.41, 5.74) is 4.39. The first-order valence-corrected chi connectivity index (χ1v) is 13.6. The third-order valence-corrected chi connectivity index (χ3v) is 7.51. The predicted molar refractivity (Wildman–Crippen MR) is 162 cm³/mol. The van der Waals surface area contributed by atoms with Gasteiger partial charge in [-0.25, -0.2) is 4.79 Å². The summed E-state index contributed by atoms with van der Waals surface area (Å²) in [7, 11) is 3.51. The second-order valence-electron chi connectivity index (χ2n) is 11.8. The predicted octanol–water partition coefficient (Wildman–Crippen LogP) is 5.39. The molecule has 0 atom stereocenters. The van der Waals surface area contributed by atoms with Crippen LogP contribution >= 0.6 is 0 Å². The Kier molecular flexibility index (Phi) is 7.20. The summed E-state index contributed by atoms with van der Waals surface area (Å²) in [6, 6.07) is 13.5. The molecule has 0 bridgehead atoms. The van der Waals surface area contributed by atoms with Crippen molar-refractivity contribution < 1.29 is 9.53 Å². The smallest absolute Gasteiger partial charge is 0.409 e. The quantitative estimate of drug-likeness (QED) is 0.263. The summed E-state index contributed by atoms with van der Waals surface area (Å²) < 4.78 is 9.29. The summed E-state index contributed by atoms with van der Waals surface area (Å²) in [5.74, 6) is 0.325. The van der Waals surface area contributed by atoms with Crippen molar-refractivity contribution >= 4 is 28.0 Å². The second-order valence-corrected chi connectivity index (χ2v) is 11.8. The largest absolute Gasteiger partial charge is 0.415 e. The average Bonchev–Trinajstić information content (AvgIpc) is 3.27. The fourth-order valence-electron chi connectivity index (χ4n) is 4.62. The maximum Gasteiger partial charge on any atom is 0.415 e. The van der Waals surface area contributed by atoms with Crippen LogP contribution < -0.4 is 10.4 Å². The Morgan fingerprint density at radius 3 is 2.40 bits per heavy atom. The zero-order valence-corrected chi connectivity index (χ0v) is 25.1. The number of rotatable bonds is 4. The van der Waals surface area contributed by atoms with Crippen molar-refractivity contribution in [3.8, 4) is 34.8 Å². The monoisotopic (exact) mass is 573 g/mol. The number of pyridine rings is 3. The number of amides is 1. The van der Waals surface area contributed by atoms with Gasteiger partial charge >= 0.3 is 6.09 Å².